The van der Waals surface area contributed by atoms with Crippen LogP contribution in [0.5, 0.6) is 0 Å². The van der Waals surface area contributed by atoms with Crippen molar-refractivity contribution in [1.29, 1.82) is 0 Å². The predicted molar refractivity (Wildman–Crippen MR) is 70.0 cm³/mol. The van der Waals surface area contributed by atoms with E-state index in [0.29, 0.717) is 13.0 Å². The molecule has 0 aromatic heterocycles. The molecule has 20 heavy (non-hydrogen) atoms. The number of benzene rings is 1. The summed E-state index contributed by atoms with van der Waals surface area (Å²) in [6.07, 6.45) is -1.30. The van der Waals surface area contributed by atoms with Crippen LogP contribution < -0.4 is 0 Å². The maximum absolute atomic E-state index is 12.0. The second kappa shape index (κ2) is 6.38. The molecular formula is C14H17NO5. The van der Waals surface area contributed by atoms with E-state index in [1.807, 2.05) is 30.3 Å². The molecule has 1 heterocycles. The Bertz CT molecular complexity index is 476. The molecule has 0 spiro atoms. The largest absolute Gasteiger partial charge is 0.481 e. The van der Waals surface area contributed by atoms with E-state index in [9.17, 15) is 14.7 Å². The van der Waals surface area contributed by atoms with Gasteiger partial charge in [0, 0.05) is 6.54 Å². The molecule has 1 amide bonds. The first-order chi connectivity index (χ1) is 9.58. The highest BCUT2D eigenvalue weighted by Crippen LogP contribution is 2.22. The number of carboxylic acid groups (broad SMARTS) is 1. The molecule has 6 heteroatoms. The second-order valence-electron chi connectivity index (χ2n) is 4.75. The van der Waals surface area contributed by atoms with Crippen LogP contribution in [0.1, 0.15) is 18.4 Å². The number of hydrogen-bond donors (Lipinski definition) is 2. The Hall–Kier alpha value is -2.08. The summed E-state index contributed by atoms with van der Waals surface area (Å²) < 4.78 is 5.16. The second-order valence-corrected chi connectivity index (χ2v) is 4.75. The zero-order valence-corrected chi connectivity index (χ0v) is 10.9. The van der Waals surface area contributed by atoms with Crippen LogP contribution in [-0.4, -0.2) is 45.9 Å². The molecule has 1 aromatic carbocycles. The van der Waals surface area contributed by atoms with Crippen molar-refractivity contribution in [1.82, 2.24) is 4.90 Å². The van der Waals surface area contributed by atoms with Crippen LogP contribution in [0.2, 0.25) is 0 Å². The summed E-state index contributed by atoms with van der Waals surface area (Å²) in [7, 11) is 0. The molecule has 2 N–H and O–H groups in total. The third-order valence-electron chi connectivity index (χ3n) is 3.33. The van der Waals surface area contributed by atoms with E-state index in [-0.39, 0.29) is 13.0 Å². The van der Waals surface area contributed by atoms with Gasteiger partial charge in [0.1, 0.15) is 6.61 Å². The fourth-order valence-electron chi connectivity index (χ4n) is 2.29. The van der Waals surface area contributed by atoms with Crippen molar-refractivity contribution in [2.45, 2.75) is 31.6 Å². The first kappa shape index (κ1) is 14.3. The summed E-state index contributed by atoms with van der Waals surface area (Å²) in [5.74, 6) is -1.04. The molecule has 1 fully saturated rings. The van der Waals surface area contributed by atoms with Gasteiger partial charge in [0.2, 0.25) is 0 Å². The zero-order valence-electron chi connectivity index (χ0n) is 10.9. The number of nitrogens with zero attached hydrogens (tertiary/aromatic N) is 1. The number of aliphatic hydroxyl groups excluding tert-OH is 1. The van der Waals surface area contributed by atoms with Gasteiger partial charge < -0.3 is 19.8 Å². The lowest BCUT2D eigenvalue weighted by Crippen LogP contribution is -2.41. The van der Waals surface area contributed by atoms with Crippen molar-refractivity contribution in [3.63, 3.8) is 0 Å². The molecule has 1 saturated heterocycles. The Morgan fingerprint density at radius 3 is 2.65 bits per heavy atom. The van der Waals surface area contributed by atoms with E-state index in [4.69, 9.17) is 9.84 Å². The minimum absolute atomic E-state index is 0.131. The Balaban J connectivity index is 1.92. The fraction of sp³-hybridized carbons (Fsp3) is 0.429. The first-order valence-electron chi connectivity index (χ1n) is 6.45. The molecular weight excluding hydrogens is 262 g/mol. The van der Waals surface area contributed by atoms with E-state index in [2.05, 4.69) is 0 Å². The Labute approximate surface area is 116 Å². The summed E-state index contributed by atoms with van der Waals surface area (Å²) in [4.78, 5) is 24.0. The van der Waals surface area contributed by atoms with E-state index >= 15 is 0 Å². The topological polar surface area (TPSA) is 87.1 Å². The number of amides is 1. The highest BCUT2D eigenvalue weighted by Gasteiger charge is 2.38. The summed E-state index contributed by atoms with van der Waals surface area (Å²) in [5, 5.41) is 18.5. The average molecular weight is 279 g/mol. The molecule has 6 nitrogen and oxygen atoms in total. The van der Waals surface area contributed by atoms with Gasteiger partial charge >= 0.3 is 12.1 Å². The van der Waals surface area contributed by atoms with Gasteiger partial charge in [-0.25, -0.2) is 4.79 Å². The van der Waals surface area contributed by atoms with Gasteiger partial charge in [-0.3, -0.25) is 4.79 Å². The van der Waals surface area contributed by atoms with Crippen LogP contribution >= 0.6 is 0 Å². The minimum atomic E-state index is -1.04. The van der Waals surface area contributed by atoms with Crippen LogP contribution in [0, 0.1) is 0 Å². The lowest BCUT2D eigenvalue weighted by molar-refractivity contribution is -0.138. The molecule has 0 saturated carbocycles. The van der Waals surface area contributed by atoms with Crippen molar-refractivity contribution in [3.05, 3.63) is 35.9 Å². The normalized spacial score (nSPS) is 21.8. The van der Waals surface area contributed by atoms with Crippen molar-refractivity contribution >= 4 is 12.1 Å². The van der Waals surface area contributed by atoms with E-state index in [1.54, 1.807) is 0 Å². The molecule has 0 radical (unpaired) electrons. The monoisotopic (exact) mass is 279 g/mol. The van der Waals surface area contributed by atoms with Gasteiger partial charge in [-0.2, -0.15) is 0 Å². The Kier molecular flexibility index (Phi) is 4.57. The predicted octanol–water partition coefficient (Wildman–Crippen LogP) is 1.23. The Morgan fingerprint density at radius 2 is 2.00 bits per heavy atom. The number of likely N-dealkylation sites (tertiary alicyclic amines) is 1. The van der Waals surface area contributed by atoms with Gasteiger partial charge in [0.25, 0.3) is 0 Å². The summed E-state index contributed by atoms with van der Waals surface area (Å²) in [5.41, 5.74) is 0.857. The number of carbonyl (C=O) groups is 2. The van der Waals surface area contributed by atoms with E-state index in [1.165, 1.54) is 4.90 Å². The number of aliphatic hydroxyl groups is 1. The lowest BCUT2D eigenvalue weighted by atomic mass is 10.1. The van der Waals surface area contributed by atoms with Gasteiger partial charge in [0.05, 0.1) is 18.6 Å². The molecule has 2 atom stereocenters. The van der Waals surface area contributed by atoms with Gasteiger partial charge in [0.15, 0.2) is 0 Å². The van der Waals surface area contributed by atoms with E-state index < -0.39 is 24.2 Å². The molecule has 108 valence electrons. The third kappa shape index (κ3) is 3.48. The Morgan fingerprint density at radius 1 is 1.30 bits per heavy atom. The maximum Gasteiger partial charge on any atom is 0.410 e. The number of hydrogen-bond acceptors (Lipinski definition) is 4. The highest BCUT2D eigenvalue weighted by atomic mass is 16.6. The number of carbonyl (C=O) groups excluding carboxylic acids is 1. The number of carboxylic acids is 1. The summed E-state index contributed by atoms with van der Waals surface area (Å²) >= 11 is 0. The molecule has 1 aromatic rings. The average Bonchev–Trinajstić information content (AvgIpc) is 2.78. The lowest BCUT2D eigenvalue weighted by Gasteiger charge is -2.24. The van der Waals surface area contributed by atoms with Crippen LogP contribution in [0.3, 0.4) is 0 Å². The molecule has 1 aliphatic rings. The highest BCUT2D eigenvalue weighted by molar-refractivity contribution is 5.72. The number of rotatable bonds is 4. The standard InChI is InChI=1S/C14H17NO5/c16-12-6-7-15(11(12)8-13(17)18)14(19)20-9-10-4-2-1-3-5-10/h1-5,11-12,16H,6-9H2,(H,17,18)/t11-,12-/m0/s1. The number of ether oxygens (including phenoxy) is 1. The molecule has 1 aliphatic heterocycles. The van der Waals surface area contributed by atoms with Crippen LogP contribution in [-0.2, 0) is 16.1 Å². The maximum atomic E-state index is 12.0. The van der Waals surface area contributed by atoms with Crippen molar-refractivity contribution in [3.8, 4) is 0 Å². The van der Waals surface area contributed by atoms with Gasteiger partial charge in [-0.15, -0.1) is 0 Å². The molecule has 0 bridgehead atoms. The first-order valence-corrected chi connectivity index (χ1v) is 6.45. The van der Waals surface area contributed by atoms with Gasteiger partial charge in [-0.1, -0.05) is 30.3 Å². The van der Waals surface area contributed by atoms with Crippen molar-refractivity contribution in [2.75, 3.05) is 6.54 Å². The van der Waals surface area contributed by atoms with Crippen LogP contribution in [0.4, 0.5) is 4.79 Å². The molecule has 2 rings (SSSR count). The van der Waals surface area contributed by atoms with Crippen LogP contribution in [0.15, 0.2) is 30.3 Å². The van der Waals surface area contributed by atoms with Crippen molar-refractivity contribution < 1.29 is 24.5 Å². The quantitative estimate of drug-likeness (QED) is 0.865. The SMILES string of the molecule is O=C(O)C[C@H]1[C@@H](O)CCN1C(=O)OCc1ccccc1. The van der Waals surface area contributed by atoms with Crippen LogP contribution in [0.25, 0.3) is 0 Å². The minimum Gasteiger partial charge on any atom is -0.481 e. The summed E-state index contributed by atoms with van der Waals surface area (Å²) in [6, 6.07) is 8.51. The molecule has 0 aliphatic carbocycles. The smallest absolute Gasteiger partial charge is 0.410 e. The zero-order chi connectivity index (χ0) is 14.5. The summed E-state index contributed by atoms with van der Waals surface area (Å²) in [6.45, 7) is 0.443. The van der Waals surface area contributed by atoms with E-state index in [0.717, 1.165) is 5.56 Å². The fourth-order valence-corrected chi connectivity index (χ4v) is 2.29. The third-order valence-corrected chi connectivity index (χ3v) is 3.33. The van der Waals surface area contributed by atoms with Crippen molar-refractivity contribution in [2.24, 2.45) is 0 Å². The number of aliphatic carboxylic acids is 1. The van der Waals surface area contributed by atoms with Gasteiger partial charge in [-0.05, 0) is 12.0 Å². The molecule has 0 unspecified atom stereocenters.